The summed E-state index contributed by atoms with van der Waals surface area (Å²) in [5, 5.41) is 19.3. The number of benzene rings is 1. The van der Waals surface area contributed by atoms with Gasteiger partial charge in [-0.15, -0.1) is 0 Å². The minimum absolute atomic E-state index is 0.0421. The third-order valence-electron chi connectivity index (χ3n) is 9.42. The highest BCUT2D eigenvalue weighted by Crippen LogP contribution is 2.29. The number of nitrogens with one attached hydrogen (secondary N) is 3. The van der Waals surface area contributed by atoms with E-state index >= 15 is 0 Å². The summed E-state index contributed by atoms with van der Waals surface area (Å²) in [6.07, 6.45) is 8.01. The molecule has 278 valence electrons. The first-order chi connectivity index (χ1) is 23.8. The largest absolute Gasteiger partial charge is 0.434 e. The van der Waals surface area contributed by atoms with Crippen molar-refractivity contribution in [3.63, 3.8) is 0 Å². The first-order valence-corrected chi connectivity index (χ1v) is 18.0. The number of hydrazine groups is 1. The van der Waals surface area contributed by atoms with E-state index in [1.165, 1.54) is 38.8 Å². The number of amides is 5. The lowest BCUT2D eigenvalue weighted by Crippen LogP contribution is -2.57. The second-order valence-electron chi connectivity index (χ2n) is 14.3. The number of imidazole rings is 1. The van der Waals surface area contributed by atoms with Gasteiger partial charge in [0.15, 0.2) is 6.10 Å². The van der Waals surface area contributed by atoms with E-state index in [1.54, 1.807) is 20.0 Å². The Morgan fingerprint density at radius 2 is 1.62 bits per heavy atom. The summed E-state index contributed by atoms with van der Waals surface area (Å²) in [5.41, 5.74) is 1.32. The normalized spacial score (nSPS) is 15.9. The quantitative estimate of drug-likeness (QED) is 0.185. The zero-order chi connectivity index (χ0) is 36.8. The van der Waals surface area contributed by atoms with Crippen molar-refractivity contribution in [2.75, 3.05) is 21.1 Å². The van der Waals surface area contributed by atoms with Crippen LogP contribution in [0.25, 0.3) is 0 Å². The SMILES string of the molecule is CC(C)CCC(O)C(CC1CCCCC1)NC(=O)[C@H](Cc1c[nH]cn1)N(C)C(=O)C(Cc1ccccc1)OC(=O)N(C)N(C)C(=O)NC(C)C. The van der Waals surface area contributed by atoms with E-state index in [2.05, 4.69) is 34.4 Å². The van der Waals surface area contributed by atoms with E-state index in [-0.39, 0.29) is 18.9 Å². The van der Waals surface area contributed by atoms with Gasteiger partial charge in [-0.2, -0.15) is 0 Å². The summed E-state index contributed by atoms with van der Waals surface area (Å²) in [6, 6.07) is 6.96. The predicted molar refractivity (Wildman–Crippen MR) is 192 cm³/mol. The van der Waals surface area contributed by atoms with Gasteiger partial charge in [0.25, 0.3) is 5.91 Å². The lowest BCUT2D eigenvalue weighted by Gasteiger charge is -2.35. The van der Waals surface area contributed by atoms with E-state index in [4.69, 9.17) is 4.74 Å². The molecule has 50 heavy (non-hydrogen) atoms. The molecule has 1 aromatic carbocycles. The van der Waals surface area contributed by atoms with Gasteiger partial charge in [-0.3, -0.25) is 9.59 Å². The molecule has 1 fully saturated rings. The van der Waals surface area contributed by atoms with Crippen LogP contribution in [-0.4, -0.2) is 105 Å². The minimum Gasteiger partial charge on any atom is -0.434 e. The van der Waals surface area contributed by atoms with Crippen LogP contribution in [0.3, 0.4) is 0 Å². The Morgan fingerprint density at radius 1 is 0.940 bits per heavy atom. The fraction of sp³-hybridized carbons (Fsp3) is 0.649. The van der Waals surface area contributed by atoms with Gasteiger partial charge in [0.05, 0.1) is 24.2 Å². The average Bonchev–Trinajstić information content (AvgIpc) is 3.61. The van der Waals surface area contributed by atoms with Gasteiger partial charge in [-0.05, 0) is 50.5 Å². The van der Waals surface area contributed by atoms with Gasteiger partial charge in [0.1, 0.15) is 6.04 Å². The van der Waals surface area contributed by atoms with E-state index in [0.717, 1.165) is 47.7 Å². The maximum Gasteiger partial charge on any atom is 0.429 e. The average molecular weight is 698 g/mol. The molecule has 0 spiro atoms. The Kier molecular flexibility index (Phi) is 16.0. The summed E-state index contributed by atoms with van der Waals surface area (Å²) in [5.74, 6) is -0.205. The van der Waals surface area contributed by atoms with E-state index in [0.29, 0.717) is 30.4 Å². The molecule has 4 N–H and O–H groups in total. The maximum atomic E-state index is 14.3. The highest BCUT2D eigenvalue weighted by molar-refractivity contribution is 5.91. The van der Waals surface area contributed by atoms with Crippen LogP contribution in [0.15, 0.2) is 42.9 Å². The lowest BCUT2D eigenvalue weighted by atomic mass is 9.83. The summed E-state index contributed by atoms with van der Waals surface area (Å²) >= 11 is 0. The number of aromatic amines is 1. The molecule has 1 aromatic heterocycles. The number of urea groups is 1. The number of H-pyrrole nitrogens is 1. The van der Waals surface area contributed by atoms with Gasteiger partial charge in [0, 0.05) is 46.2 Å². The van der Waals surface area contributed by atoms with E-state index < -0.39 is 48.2 Å². The number of aromatic nitrogens is 2. The van der Waals surface area contributed by atoms with Crippen LogP contribution in [0.1, 0.15) is 90.3 Å². The van der Waals surface area contributed by atoms with Crippen molar-refractivity contribution in [1.29, 1.82) is 0 Å². The Bertz CT molecular complexity index is 1330. The number of nitrogens with zero attached hydrogens (tertiary/aromatic N) is 4. The first kappa shape index (κ1) is 40.3. The van der Waals surface area contributed by atoms with Crippen molar-refractivity contribution < 1.29 is 29.0 Å². The van der Waals surface area contributed by atoms with Crippen LogP contribution in [0.5, 0.6) is 0 Å². The highest BCUT2D eigenvalue weighted by atomic mass is 16.6. The van der Waals surface area contributed by atoms with Crippen molar-refractivity contribution in [2.45, 2.75) is 122 Å². The number of aliphatic hydroxyl groups excluding tert-OH is 1. The van der Waals surface area contributed by atoms with Crippen LogP contribution in [0, 0.1) is 11.8 Å². The second-order valence-corrected chi connectivity index (χ2v) is 14.3. The summed E-state index contributed by atoms with van der Waals surface area (Å²) in [4.78, 5) is 63.1. The van der Waals surface area contributed by atoms with E-state index in [1.807, 2.05) is 30.3 Å². The van der Waals surface area contributed by atoms with Crippen molar-refractivity contribution in [3.8, 4) is 0 Å². The van der Waals surface area contributed by atoms with Gasteiger partial charge < -0.3 is 30.4 Å². The summed E-state index contributed by atoms with van der Waals surface area (Å²) in [7, 11) is 4.31. The Labute approximate surface area is 297 Å². The fourth-order valence-electron chi connectivity index (χ4n) is 6.27. The van der Waals surface area contributed by atoms with Crippen molar-refractivity contribution >= 4 is 23.9 Å². The molecule has 4 atom stereocenters. The smallest absolute Gasteiger partial charge is 0.429 e. The Hall–Kier alpha value is -4.13. The number of hydrogen-bond donors (Lipinski definition) is 4. The van der Waals surface area contributed by atoms with Gasteiger partial charge in [-0.25, -0.2) is 24.6 Å². The van der Waals surface area contributed by atoms with Crippen LogP contribution < -0.4 is 10.6 Å². The molecule has 5 amide bonds. The lowest BCUT2D eigenvalue weighted by molar-refractivity contribution is -0.147. The molecular weight excluding hydrogens is 638 g/mol. The molecular formula is C37H59N7O6. The number of ether oxygens (including phenoxy) is 1. The zero-order valence-electron chi connectivity index (χ0n) is 30.9. The number of rotatable bonds is 16. The first-order valence-electron chi connectivity index (χ1n) is 18.0. The highest BCUT2D eigenvalue weighted by Gasteiger charge is 2.37. The monoisotopic (exact) mass is 697 g/mol. The minimum atomic E-state index is -1.32. The molecule has 13 heteroatoms. The molecule has 0 radical (unpaired) electrons. The molecule has 2 aromatic rings. The summed E-state index contributed by atoms with van der Waals surface area (Å²) in [6.45, 7) is 7.82. The van der Waals surface area contributed by atoms with Crippen LogP contribution >= 0.6 is 0 Å². The number of carbonyl (C=O) groups is 4. The standard InChI is InChI=1S/C37H59N7O6/c1-25(2)18-19-32(45)30(20-27-14-10-8-11-15-27)41-34(46)31(22-29-23-38-24-39-29)42(5)35(47)33(21-28-16-12-9-13-17-28)50-37(49)44(7)43(6)36(48)40-26(3)4/h9,12-13,16-17,23-27,30-33,45H,8,10-11,14-15,18-22H2,1-7H3,(H,38,39)(H,40,48)(H,41,46)/t30?,31-,32?,33?/m0/s1. The molecule has 1 heterocycles. The number of likely N-dealkylation sites (N-methyl/N-ethyl adjacent to an activating group) is 1. The number of carbonyl (C=O) groups excluding carboxylic acids is 4. The van der Waals surface area contributed by atoms with E-state index in [9.17, 15) is 24.3 Å². The third-order valence-corrected chi connectivity index (χ3v) is 9.42. The van der Waals surface area contributed by atoms with Crippen LogP contribution in [-0.2, 0) is 27.2 Å². The molecule has 0 aliphatic heterocycles. The van der Waals surface area contributed by atoms with Gasteiger partial charge in [-0.1, -0.05) is 76.3 Å². The topological polar surface area (TPSA) is 160 Å². The van der Waals surface area contributed by atoms with Gasteiger partial charge in [0.2, 0.25) is 5.91 Å². The molecule has 0 bridgehead atoms. The van der Waals surface area contributed by atoms with Crippen molar-refractivity contribution in [3.05, 3.63) is 54.1 Å². The van der Waals surface area contributed by atoms with Gasteiger partial charge >= 0.3 is 12.1 Å². The molecule has 1 aliphatic rings. The predicted octanol–water partition coefficient (Wildman–Crippen LogP) is 4.68. The second kappa shape index (κ2) is 19.9. The van der Waals surface area contributed by atoms with Crippen LogP contribution in [0.2, 0.25) is 0 Å². The fourth-order valence-corrected chi connectivity index (χ4v) is 6.27. The third kappa shape index (κ3) is 12.6. The van der Waals surface area contributed by atoms with Crippen molar-refractivity contribution in [1.82, 2.24) is 35.5 Å². The zero-order valence-corrected chi connectivity index (χ0v) is 30.9. The Balaban J connectivity index is 1.88. The maximum absolute atomic E-state index is 14.3. The molecule has 13 nitrogen and oxygen atoms in total. The molecule has 3 rings (SSSR count). The Morgan fingerprint density at radius 3 is 2.22 bits per heavy atom. The number of hydrogen-bond acceptors (Lipinski definition) is 7. The number of aliphatic hydroxyl groups is 1. The molecule has 0 saturated heterocycles. The summed E-state index contributed by atoms with van der Waals surface area (Å²) < 4.78 is 5.80. The van der Waals surface area contributed by atoms with Crippen molar-refractivity contribution in [2.24, 2.45) is 11.8 Å². The van der Waals surface area contributed by atoms with Crippen LogP contribution in [0.4, 0.5) is 9.59 Å². The molecule has 1 aliphatic carbocycles. The molecule has 3 unspecified atom stereocenters. The molecule has 1 saturated carbocycles.